The lowest BCUT2D eigenvalue weighted by Crippen LogP contribution is -2.22. The molecule has 6 heteroatoms. The van der Waals surface area contributed by atoms with E-state index in [0.29, 0.717) is 29.2 Å². The molecule has 146 valence electrons. The minimum atomic E-state index is -0.176. The van der Waals surface area contributed by atoms with Crippen LogP contribution < -0.4 is 16.4 Å². The van der Waals surface area contributed by atoms with Crippen molar-refractivity contribution in [3.05, 3.63) is 59.0 Å². The molecule has 1 heterocycles. The van der Waals surface area contributed by atoms with Crippen LogP contribution in [0.25, 0.3) is 10.1 Å². The van der Waals surface area contributed by atoms with Gasteiger partial charge in [-0.25, -0.2) is 0 Å². The third kappa shape index (κ3) is 5.10. The summed E-state index contributed by atoms with van der Waals surface area (Å²) in [6, 6.07) is 15.1. The highest BCUT2D eigenvalue weighted by molar-refractivity contribution is 7.20. The summed E-state index contributed by atoms with van der Waals surface area (Å²) in [5, 5.41) is 6.81. The van der Waals surface area contributed by atoms with Crippen LogP contribution in [0.4, 0.5) is 11.4 Å². The summed E-state index contributed by atoms with van der Waals surface area (Å²) in [5.74, 6) is -0.0933. The molecule has 0 spiro atoms. The summed E-state index contributed by atoms with van der Waals surface area (Å²) in [6.07, 6.45) is 3.68. The maximum absolute atomic E-state index is 12.5. The van der Waals surface area contributed by atoms with Gasteiger partial charge in [0.05, 0.1) is 16.3 Å². The predicted octanol–water partition coefficient (Wildman–Crippen LogP) is 4.93. The molecular weight excluding hydrogens is 370 g/mol. The van der Waals surface area contributed by atoms with Gasteiger partial charge >= 0.3 is 0 Å². The van der Waals surface area contributed by atoms with Gasteiger partial charge in [-0.1, -0.05) is 38.0 Å². The maximum atomic E-state index is 12.5. The summed E-state index contributed by atoms with van der Waals surface area (Å²) in [4.78, 5) is 25.0. The molecule has 3 aromatic rings. The predicted molar refractivity (Wildman–Crippen MR) is 117 cm³/mol. The van der Waals surface area contributed by atoms with E-state index in [2.05, 4.69) is 17.6 Å². The topological polar surface area (TPSA) is 84.2 Å². The number of hydrogen-bond donors (Lipinski definition) is 3. The van der Waals surface area contributed by atoms with E-state index in [1.165, 1.54) is 11.3 Å². The van der Waals surface area contributed by atoms with Crippen LogP contribution in [-0.4, -0.2) is 11.8 Å². The molecule has 4 N–H and O–H groups in total. The molecule has 2 amide bonds. The highest BCUT2D eigenvalue weighted by Crippen LogP contribution is 2.28. The Labute approximate surface area is 168 Å². The highest BCUT2D eigenvalue weighted by atomic mass is 32.1. The van der Waals surface area contributed by atoms with Crippen molar-refractivity contribution in [1.82, 2.24) is 5.32 Å². The van der Waals surface area contributed by atoms with Crippen LogP contribution in [0, 0.1) is 0 Å². The Hall–Kier alpha value is -2.86. The zero-order valence-corrected chi connectivity index (χ0v) is 16.8. The van der Waals surface area contributed by atoms with Crippen molar-refractivity contribution in [3.63, 3.8) is 0 Å². The van der Waals surface area contributed by atoms with Crippen molar-refractivity contribution >= 4 is 44.6 Å². The second-order valence-corrected chi connectivity index (χ2v) is 7.84. The third-order valence-corrected chi connectivity index (χ3v) is 5.63. The summed E-state index contributed by atoms with van der Waals surface area (Å²) in [7, 11) is 0. The smallest absolute Gasteiger partial charge is 0.265 e. The number of nitrogens with one attached hydrogen (secondary N) is 2. The van der Waals surface area contributed by atoms with Gasteiger partial charge in [0.15, 0.2) is 0 Å². The number of fused-ring (bicyclic) bond motifs is 1. The molecular formula is C22H25N3O2S. The van der Waals surface area contributed by atoms with Crippen molar-refractivity contribution in [1.29, 1.82) is 0 Å². The van der Waals surface area contributed by atoms with E-state index >= 15 is 0 Å². The summed E-state index contributed by atoms with van der Waals surface area (Å²) < 4.78 is 1.03. The summed E-state index contributed by atoms with van der Waals surface area (Å²) >= 11 is 1.44. The van der Waals surface area contributed by atoms with Crippen LogP contribution in [0.3, 0.4) is 0 Å². The Morgan fingerprint density at radius 2 is 1.89 bits per heavy atom. The average Bonchev–Trinajstić information content (AvgIpc) is 3.12. The first-order valence-corrected chi connectivity index (χ1v) is 10.3. The van der Waals surface area contributed by atoms with Crippen molar-refractivity contribution in [3.8, 4) is 0 Å². The summed E-state index contributed by atoms with van der Waals surface area (Å²) in [5.41, 5.74) is 8.06. The van der Waals surface area contributed by atoms with Gasteiger partial charge in [-0.3, -0.25) is 9.59 Å². The second kappa shape index (κ2) is 9.37. The second-order valence-electron chi connectivity index (χ2n) is 6.76. The highest BCUT2D eigenvalue weighted by Gasteiger charge is 2.12. The number of carbonyl (C=O) groups is 2. The normalized spacial score (nSPS) is 10.8. The number of unbranched alkanes of at least 4 members (excludes halogenated alkanes) is 2. The van der Waals surface area contributed by atoms with E-state index in [1.54, 1.807) is 12.1 Å². The lowest BCUT2D eigenvalue weighted by molar-refractivity contribution is -0.121. The molecule has 0 aliphatic heterocycles. The van der Waals surface area contributed by atoms with Crippen molar-refractivity contribution in [2.75, 3.05) is 11.1 Å². The van der Waals surface area contributed by atoms with Gasteiger partial charge in [0, 0.05) is 17.7 Å². The van der Waals surface area contributed by atoms with Gasteiger partial charge in [0.1, 0.15) is 0 Å². The molecule has 0 aliphatic rings. The lowest BCUT2D eigenvalue weighted by atomic mass is 10.1. The van der Waals surface area contributed by atoms with Gasteiger partial charge in [0.25, 0.3) is 5.91 Å². The molecule has 2 aromatic carbocycles. The van der Waals surface area contributed by atoms with Gasteiger partial charge < -0.3 is 16.4 Å². The Morgan fingerprint density at radius 1 is 1.07 bits per heavy atom. The fourth-order valence-corrected chi connectivity index (χ4v) is 3.87. The first-order chi connectivity index (χ1) is 13.6. The number of benzene rings is 2. The molecule has 0 aliphatic carbocycles. The van der Waals surface area contributed by atoms with Gasteiger partial charge in [0.2, 0.25) is 5.91 Å². The standard InChI is InChI=1S/C22H25N3O2S/c1-2-3-4-9-21(26)24-14-15-10-11-19-16(12-15)13-20(28-19)22(27)25-18-8-6-5-7-17(18)23/h5-8,10-13H,2-4,9,14,23H2,1H3,(H,24,26)(H,25,27). The molecule has 1 aromatic heterocycles. The largest absolute Gasteiger partial charge is 0.397 e. The molecule has 3 rings (SSSR count). The van der Waals surface area contributed by atoms with Crippen molar-refractivity contribution in [2.45, 2.75) is 39.2 Å². The first-order valence-electron chi connectivity index (χ1n) is 9.52. The van der Waals surface area contributed by atoms with Crippen LogP contribution in [0.2, 0.25) is 0 Å². The van der Waals surface area contributed by atoms with Gasteiger partial charge in [-0.2, -0.15) is 0 Å². The minimum Gasteiger partial charge on any atom is -0.397 e. The quantitative estimate of drug-likeness (QED) is 0.373. The number of thiophene rings is 1. The zero-order chi connectivity index (χ0) is 19.9. The minimum absolute atomic E-state index is 0.0828. The molecule has 0 radical (unpaired) electrons. The van der Waals surface area contributed by atoms with Crippen LogP contribution in [-0.2, 0) is 11.3 Å². The summed E-state index contributed by atoms with van der Waals surface area (Å²) in [6.45, 7) is 2.62. The number of nitrogens with two attached hydrogens (primary N) is 1. The van der Waals surface area contributed by atoms with E-state index in [1.807, 2.05) is 36.4 Å². The van der Waals surface area contributed by atoms with E-state index in [0.717, 1.165) is 34.9 Å². The average molecular weight is 396 g/mol. The Kier molecular flexibility index (Phi) is 6.66. The number of amides is 2. The Morgan fingerprint density at radius 3 is 2.68 bits per heavy atom. The molecule has 0 fully saturated rings. The zero-order valence-electron chi connectivity index (χ0n) is 16.0. The fraction of sp³-hybridized carbons (Fsp3) is 0.273. The van der Waals surface area contributed by atoms with Crippen LogP contribution in [0.5, 0.6) is 0 Å². The van der Waals surface area contributed by atoms with Crippen LogP contribution in [0.1, 0.15) is 47.8 Å². The number of para-hydroxylation sites is 2. The van der Waals surface area contributed by atoms with Crippen molar-refractivity contribution < 1.29 is 9.59 Å². The van der Waals surface area contributed by atoms with Crippen molar-refractivity contribution in [2.24, 2.45) is 0 Å². The van der Waals surface area contributed by atoms with E-state index in [4.69, 9.17) is 5.73 Å². The Balaban J connectivity index is 1.64. The molecule has 0 bridgehead atoms. The van der Waals surface area contributed by atoms with Gasteiger partial charge in [-0.05, 0) is 47.7 Å². The SMILES string of the molecule is CCCCCC(=O)NCc1ccc2sc(C(=O)Nc3ccccc3N)cc2c1. The van der Waals surface area contributed by atoms with E-state index in [9.17, 15) is 9.59 Å². The third-order valence-electron chi connectivity index (χ3n) is 4.51. The van der Waals surface area contributed by atoms with Gasteiger partial charge in [-0.15, -0.1) is 11.3 Å². The molecule has 0 saturated carbocycles. The Bertz CT molecular complexity index is 981. The fourth-order valence-electron chi connectivity index (χ4n) is 2.93. The molecule has 0 atom stereocenters. The number of anilines is 2. The monoisotopic (exact) mass is 395 g/mol. The number of hydrogen-bond acceptors (Lipinski definition) is 4. The number of carbonyl (C=O) groups excluding carboxylic acids is 2. The van der Waals surface area contributed by atoms with Crippen LogP contribution >= 0.6 is 11.3 Å². The van der Waals surface area contributed by atoms with Crippen LogP contribution in [0.15, 0.2) is 48.5 Å². The maximum Gasteiger partial charge on any atom is 0.265 e. The van der Waals surface area contributed by atoms with E-state index < -0.39 is 0 Å². The molecule has 28 heavy (non-hydrogen) atoms. The number of rotatable bonds is 8. The number of nitrogen functional groups attached to an aromatic ring is 1. The van der Waals surface area contributed by atoms with E-state index in [-0.39, 0.29) is 11.8 Å². The molecule has 5 nitrogen and oxygen atoms in total. The molecule has 0 unspecified atom stereocenters. The molecule has 0 saturated heterocycles. The first kappa shape index (κ1) is 19.9. The lowest BCUT2D eigenvalue weighted by Gasteiger charge is -2.05.